The normalized spacial score (nSPS) is 10.7. The molecule has 0 unspecified atom stereocenters. The Morgan fingerprint density at radius 2 is 2.04 bits per heavy atom. The number of furan rings is 1. The van der Waals surface area contributed by atoms with Gasteiger partial charge in [-0.3, -0.25) is 9.59 Å². The number of rotatable bonds is 7. The lowest BCUT2D eigenvalue weighted by Crippen LogP contribution is -2.18. The molecule has 3 aromatic rings. The van der Waals surface area contributed by atoms with Gasteiger partial charge in [0, 0.05) is 18.7 Å². The lowest BCUT2D eigenvalue weighted by atomic mass is 10.1. The number of carbonyl (C=O) groups excluding carboxylic acids is 2. The van der Waals surface area contributed by atoms with Gasteiger partial charge < -0.3 is 15.1 Å². The third-order valence-corrected chi connectivity index (χ3v) is 5.44. The standard InChI is InChI=1S/C19H17Cl2N3O3S/c1-11(25)22-9-13-6-7-16(27-13)15-10-28-19(23-15)24-17(26)8-5-12-3-2-4-14(20)18(12)21/h2-4,6-7,10H,5,8-9H2,1H3,(H,22,25)(H,23,24,26). The van der Waals surface area contributed by atoms with E-state index in [4.69, 9.17) is 27.6 Å². The zero-order valence-corrected chi connectivity index (χ0v) is 17.2. The molecule has 0 aliphatic carbocycles. The van der Waals surface area contributed by atoms with Crippen molar-refractivity contribution in [2.45, 2.75) is 26.3 Å². The maximum Gasteiger partial charge on any atom is 0.226 e. The minimum atomic E-state index is -0.164. The molecule has 0 aliphatic heterocycles. The first kappa shape index (κ1) is 20.4. The van der Waals surface area contributed by atoms with Gasteiger partial charge in [0.2, 0.25) is 11.8 Å². The highest BCUT2D eigenvalue weighted by molar-refractivity contribution is 7.14. The molecular formula is C19H17Cl2N3O3S. The van der Waals surface area contributed by atoms with E-state index in [1.807, 2.05) is 6.07 Å². The molecule has 3 rings (SSSR count). The Morgan fingerprint density at radius 3 is 2.82 bits per heavy atom. The molecule has 0 atom stereocenters. The minimum absolute atomic E-state index is 0.129. The summed E-state index contributed by atoms with van der Waals surface area (Å²) in [6.45, 7) is 1.76. The van der Waals surface area contributed by atoms with Crippen LogP contribution in [0.25, 0.3) is 11.5 Å². The number of aromatic nitrogens is 1. The molecule has 2 N–H and O–H groups in total. The van der Waals surface area contributed by atoms with E-state index < -0.39 is 0 Å². The maximum absolute atomic E-state index is 12.2. The third-order valence-electron chi connectivity index (χ3n) is 3.83. The highest BCUT2D eigenvalue weighted by Gasteiger charge is 2.12. The number of carbonyl (C=O) groups is 2. The summed E-state index contributed by atoms with van der Waals surface area (Å²) >= 11 is 13.4. The quantitative estimate of drug-likeness (QED) is 0.549. The zero-order chi connectivity index (χ0) is 20.1. The Labute approximate surface area is 175 Å². The topological polar surface area (TPSA) is 84.2 Å². The second-order valence-electron chi connectivity index (χ2n) is 5.97. The number of amides is 2. The van der Waals surface area contributed by atoms with E-state index in [1.54, 1.807) is 29.6 Å². The van der Waals surface area contributed by atoms with Crippen molar-refractivity contribution in [1.82, 2.24) is 10.3 Å². The molecule has 1 aromatic carbocycles. The molecule has 0 aliphatic rings. The van der Waals surface area contributed by atoms with Crippen LogP contribution in [0.4, 0.5) is 5.13 Å². The minimum Gasteiger partial charge on any atom is -0.458 e. The van der Waals surface area contributed by atoms with Gasteiger partial charge in [-0.05, 0) is 30.2 Å². The average Bonchev–Trinajstić information content (AvgIpc) is 3.30. The molecule has 0 bridgehead atoms. The lowest BCUT2D eigenvalue weighted by molar-refractivity contribution is -0.119. The molecular weight excluding hydrogens is 421 g/mol. The predicted octanol–water partition coefficient (Wildman–Crippen LogP) is 4.92. The predicted molar refractivity (Wildman–Crippen MR) is 111 cm³/mol. The van der Waals surface area contributed by atoms with Gasteiger partial charge in [0.25, 0.3) is 0 Å². The van der Waals surface area contributed by atoms with E-state index in [1.165, 1.54) is 18.3 Å². The van der Waals surface area contributed by atoms with Crippen LogP contribution >= 0.6 is 34.5 Å². The molecule has 6 nitrogen and oxygen atoms in total. The van der Waals surface area contributed by atoms with Crippen LogP contribution in [0.2, 0.25) is 10.0 Å². The summed E-state index contributed by atoms with van der Waals surface area (Å²) in [6, 6.07) is 8.91. The van der Waals surface area contributed by atoms with Gasteiger partial charge in [0.1, 0.15) is 11.5 Å². The van der Waals surface area contributed by atoms with Gasteiger partial charge in [-0.15, -0.1) is 11.3 Å². The number of anilines is 1. The molecule has 146 valence electrons. The second-order valence-corrected chi connectivity index (χ2v) is 7.62. The van der Waals surface area contributed by atoms with Crippen molar-refractivity contribution in [1.29, 1.82) is 0 Å². The summed E-state index contributed by atoms with van der Waals surface area (Å²) in [4.78, 5) is 27.5. The summed E-state index contributed by atoms with van der Waals surface area (Å²) in [6.07, 6.45) is 0.741. The van der Waals surface area contributed by atoms with Gasteiger partial charge in [-0.25, -0.2) is 4.98 Å². The van der Waals surface area contributed by atoms with Crippen molar-refractivity contribution >= 4 is 51.5 Å². The molecule has 2 aromatic heterocycles. The average molecular weight is 438 g/mol. The van der Waals surface area contributed by atoms with Crippen molar-refractivity contribution in [3.8, 4) is 11.5 Å². The Morgan fingerprint density at radius 1 is 1.21 bits per heavy atom. The highest BCUT2D eigenvalue weighted by Crippen LogP contribution is 2.28. The van der Waals surface area contributed by atoms with Crippen molar-refractivity contribution in [2.24, 2.45) is 0 Å². The third kappa shape index (κ3) is 5.34. The number of nitrogens with zero attached hydrogens (tertiary/aromatic N) is 1. The van der Waals surface area contributed by atoms with Crippen LogP contribution in [0.1, 0.15) is 24.7 Å². The van der Waals surface area contributed by atoms with E-state index in [-0.39, 0.29) is 18.2 Å². The van der Waals surface area contributed by atoms with Crippen LogP contribution < -0.4 is 10.6 Å². The van der Waals surface area contributed by atoms with E-state index >= 15 is 0 Å². The number of hydrogen-bond acceptors (Lipinski definition) is 5. The fourth-order valence-corrected chi connectivity index (χ4v) is 3.57. The van der Waals surface area contributed by atoms with E-state index in [0.29, 0.717) is 45.4 Å². The molecule has 28 heavy (non-hydrogen) atoms. The molecule has 9 heteroatoms. The van der Waals surface area contributed by atoms with E-state index in [0.717, 1.165) is 5.56 Å². The molecule has 2 amide bonds. The van der Waals surface area contributed by atoms with Gasteiger partial charge >= 0.3 is 0 Å². The Bertz CT molecular complexity index is 1000. The molecule has 0 radical (unpaired) electrons. The number of aryl methyl sites for hydroxylation is 1. The lowest BCUT2D eigenvalue weighted by Gasteiger charge is -2.05. The number of nitrogens with one attached hydrogen (secondary N) is 2. The van der Waals surface area contributed by atoms with Gasteiger partial charge in [-0.2, -0.15) is 0 Å². The van der Waals surface area contributed by atoms with Crippen molar-refractivity contribution in [2.75, 3.05) is 5.32 Å². The van der Waals surface area contributed by atoms with Crippen LogP contribution in [0, 0.1) is 0 Å². The summed E-state index contributed by atoms with van der Waals surface area (Å²) in [5, 5.41) is 8.67. The largest absolute Gasteiger partial charge is 0.458 e. The Balaban J connectivity index is 1.56. The fraction of sp³-hybridized carbons (Fsp3) is 0.211. The summed E-state index contributed by atoms with van der Waals surface area (Å²) in [5.41, 5.74) is 1.44. The summed E-state index contributed by atoms with van der Waals surface area (Å²) in [5.74, 6) is 0.906. The molecule has 0 spiro atoms. The Hall–Kier alpha value is -2.35. The molecule has 0 fully saturated rings. The number of benzene rings is 1. The first-order chi connectivity index (χ1) is 13.4. The van der Waals surface area contributed by atoms with Crippen LogP contribution in [0.3, 0.4) is 0 Å². The Kier molecular flexibility index (Phi) is 6.72. The first-order valence-corrected chi connectivity index (χ1v) is 10.1. The number of thiazole rings is 1. The molecule has 2 heterocycles. The molecule has 0 saturated carbocycles. The van der Waals surface area contributed by atoms with Crippen LogP contribution in [0.5, 0.6) is 0 Å². The SMILES string of the molecule is CC(=O)NCc1ccc(-c2csc(NC(=O)CCc3cccc(Cl)c3Cl)n2)o1. The van der Waals surface area contributed by atoms with E-state index in [9.17, 15) is 9.59 Å². The van der Waals surface area contributed by atoms with E-state index in [2.05, 4.69) is 15.6 Å². The number of halogens is 2. The fourth-order valence-electron chi connectivity index (χ4n) is 2.44. The van der Waals surface area contributed by atoms with Crippen molar-refractivity contribution in [3.63, 3.8) is 0 Å². The highest BCUT2D eigenvalue weighted by atomic mass is 35.5. The molecule has 0 saturated heterocycles. The monoisotopic (exact) mass is 437 g/mol. The second kappa shape index (κ2) is 9.23. The summed E-state index contributed by atoms with van der Waals surface area (Å²) < 4.78 is 5.66. The first-order valence-electron chi connectivity index (χ1n) is 8.44. The van der Waals surface area contributed by atoms with Crippen molar-refractivity contribution in [3.05, 3.63) is 57.1 Å². The van der Waals surface area contributed by atoms with Crippen LogP contribution in [0.15, 0.2) is 40.1 Å². The van der Waals surface area contributed by atoms with Gasteiger partial charge in [0.05, 0.1) is 16.6 Å². The van der Waals surface area contributed by atoms with Crippen LogP contribution in [-0.2, 0) is 22.6 Å². The van der Waals surface area contributed by atoms with Gasteiger partial charge in [0.15, 0.2) is 10.9 Å². The smallest absolute Gasteiger partial charge is 0.226 e. The number of hydrogen-bond donors (Lipinski definition) is 2. The summed E-state index contributed by atoms with van der Waals surface area (Å²) in [7, 11) is 0. The van der Waals surface area contributed by atoms with Gasteiger partial charge in [-0.1, -0.05) is 35.3 Å². The van der Waals surface area contributed by atoms with Crippen molar-refractivity contribution < 1.29 is 14.0 Å². The zero-order valence-electron chi connectivity index (χ0n) is 14.9. The maximum atomic E-state index is 12.2. The van der Waals surface area contributed by atoms with Crippen LogP contribution in [-0.4, -0.2) is 16.8 Å².